The zero-order valence-electron chi connectivity index (χ0n) is 3.55. The van der Waals surface area contributed by atoms with Crippen LogP contribution in [0.5, 0.6) is 0 Å². The lowest BCUT2D eigenvalue weighted by molar-refractivity contribution is -0.127. The van der Waals surface area contributed by atoms with Crippen molar-refractivity contribution in [2.24, 2.45) is 0 Å². The maximum atomic E-state index is 10.2. The molecule has 0 aromatic carbocycles. The van der Waals surface area contributed by atoms with Crippen LogP contribution in [0.15, 0.2) is 0 Å². The number of hydroxylamine groups is 1. The molecule has 0 radical (unpaired) electrons. The summed E-state index contributed by atoms with van der Waals surface area (Å²) in [4.78, 5) is 10.2. The number of nitrogens with one attached hydrogen (secondary N) is 1. The van der Waals surface area contributed by atoms with E-state index in [9.17, 15) is 4.79 Å². The van der Waals surface area contributed by atoms with Crippen LogP contribution < -0.4 is 5.48 Å². The molecule has 0 saturated carbocycles. The maximum absolute atomic E-state index is 10.2. The van der Waals surface area contributed by atoms with E-state index in [1.165, 1.54) is 11.8 Å². The molecule has 1 amide bonds. The second-order valence-electron chi connectivity index (χ2n) is 1.30. The Labute approximate surface area is 45.0 Å². The number of carbonyl (C=O) groups is 1. The second-order valence-corrected chi connectivity index (χ2v) is 2.53. The molecule has 1 heterocycles. The molecule has 40 valence electrons. The first-order valence-corrected chi connectivity index (χ1v) is 2.95. The first-order chi connectivity index (χ1) is 3.34. The van der Waals surface area contributed by atoms with Gasteiger partial charge in [-0.3, -0.25) is 10.0 Å². The van der Waals surface area contributed by atoms with E-state index in [0.717, 1.165) is 5.75 Å². The highest BCUT2D eigenvalue weighted by atomic mass is 32.2. The maximum Gasteiger partial charge on any atom is 0.257 e. The molecule has 1 unspecified atom stereocenters. The van der Waals surface area contributed by atoms with Crippen molar-refractivity contribution in [2.75, 3.05) is 5.75 Å². The van der Waals surface area contributed by atoms with Crippen molar-refractivity contribution < 1.29 is 10.0 Å². The van der Waals surface area contributed by atoms with E-state index in [4.69, 9.17) is 5.21 Å². The van der Waals surface area contributed by atoms with E-state index in [-0.39, 0.29) is 11.2 Å². The minimum absolute atomic E-state index is 0.0324. The molecule has 0 spiro atoms. The normalized spacial score (nSPS) is 26.7. The van der Waals surface area contributed by atoms with Gasteiger partial charge >= 0.3 is 0 Å². The molecule has 0 aromatic heterocycles. The molecule has 2 N–H and O–H groups in total. The predicted octanol–water partition coefficient (Wildman–Crippen LogP) is -0.393. The highest BCUT2D eigenvalue weighted by Crippen LogP contribution is 2.29. The molecule has 1 atom stereocenters. The van der Waals surface area contributed by atoms with Crippen LogP contribution in [0.2, 0.25) is 0 Å². The van der Waals surface area contributed by atoms with Crippen LogP contribution in [0.4, 0.5) is 0 Å². The largest absolute Gasteiger partial charge is 0.289 e. The summed E-state index contributed by atoms with van der Waals surface area (Å²) >= 11 is 1.53. The van der Waals surface area contributed by atoms with Crippen LogP contribution in [0.3, 0.4) is 0 Å². The number of thioether (sulfide) groups is 1. The smallest absolute Gasteiger partial charge is 0.257 e. The topological polar surface area (TPSA) is 49.3 Å². The van der Waals surface area contributed by atoms with Crippen molar-refractivity contribution in [3.8, 4) is 0 Å². The van der Waals surface area contributed by atoms with Gasteiger partial charge in [0.1, 0.15) is 0 Å². The fourth-order valence-corrected chi connectivity index (χ4v) is 0.723. The Kier molecular flexibility index (Phi) is 1.21. The minimum atomic E-state index is -0.273. The summed E-state index contributed by atoms with van der Waals surface area (Å²) in [6.07, 6.45) is 0. The monoisotopic (exact) mass is 119 g/mol. The van der Waals surface area contributed by atoms with Gasteiger partial charge in [-0.05, 0) is 0 Å². The summed E-state index contributed by atoms with van der Waals surface area (Å²) in [5.74, 6) is 0.580. The van der Waals surface area contributed by atoms with Gasteiger partial charge in [-0.25, -0.2) is 5.48 Å². The molecular weight excluding hydrogens is 114 g/mol. The van der Waals surface area contributed by atoms with Crippen molar-refractivity contribution in [1.29, 1.82) is 0 Å². The van der Waals surface area contributed by atoms with Crippen molar-refractivity contribution in [2.45, 2.75) is 5.25 Å². The lowest BCUT2D eigenvalue weighted by atomic mass is 10.5. The number of rotatable bonds is 1. The van der Waals surface area contributed by atoms with Gasteiger partial charge in [-0.15, -0.1) is 11.8 Å². The van der Waals surface area contributed by atoms with Crippen LogP contribution >= 0.6 is 11.8 Å². The summed E-state index contributed by atoms with van der Waals surface area (Å²) in [7, 11) is 0. The van der Waals surface area contributed by atoms with Crippen LogP contribution in [-0.2, 0) is 4.79 Å². The SMILES string of the molecule is O=C(NO)C1CS1. The molecule has 0 aliphatic carbocycles. The third kappa shape index (κ3) is 1.07. The van der Waals surface area contributed by atoms with E-state index in [1.807, 2.05) is 0 Å². The average Bonchev–Trinajstić information content (AvgIpc) is 2.44. The highest BCUT2D eigenvalue weighted by Gasteiger charge is 2.30. The van der Waals surface area contributed by atoms with Gasteiger partial charge < -0.3 is 0 Å². The van der Waals surface area contributed by atoms with Crippen LogP contribution in [0.1, 0.15) is 0 Å². The van der Waals surface area contributed by atoms with E-state index >= 15 is 0 Å². The molecule has 7 heavy (non-hydrogen) atoms. The fourth-order valence-electron chi connectivity index (χ4n) is 0.271. The summed E-state index contributed by atoms with van der Waals surface area (Å²) in [5.41, 5.74) is 1.57. The van der Waals surface area contributed by atoms with Crippen molar-refractivity contribution in [1.82, 2.24) is 5.48 Å². The van der Waals surface area contributed by atoms with Gasteiger partial charge in [0.15, 0.2) is 0 Å². The minimum Gasteiger partial charge on any atom is -0.289 e. The first-order valence-electron chi connectivity index (χ1n) is 1.90. The Hall–Kier alpha value is -0.220. The lowest BCUT2D eigenvalue weighted by Gasteiger charge is -1.86. The molecule has 3 nitrogen and oxygen atoms in total. The van der Waals surface area contributed by atoms with E-state index in [0.29, 0.717) is 0 Å². The average molecular weight is 119 g/mol. The fraction of sp³-hybridized carbons (Fsp3) is 0.667. The van der Waals surface area contributed by atoms with Crippen LogP contribution in [0.25, 0.3) is 0 Å². The number of hydrogen-bond acceptors (Lipinski definition) is 3. The van der Waals surface area contributed by atoms with E-state index in [2.05, 4.69) is 0 Å². The summed E-state index contributed by atoms with van der Waals surface area (Å²) in [6, 6.07) is 0. The molecule has 0 bridgehead atoms. The number of amides is 1. The molecule has 1 rings (SSSR count). The Morgan fingerprint density at radius 1 is 2.00 bits per heavy atom. The lowest BCUT2D eigenvalue weighted by Crippen LogP contribution is -2.22. The molecular formula is C3H5NO2S. The number of hydrogen-bond donors (Lipinski definition) is 2. The van der Waals surface area contributed by atoms with E-state index in [1.54, 1.807) is 5.48 Å². The molecule has 1 aliphatic heterocycles. The van der Waals surface area contributed by atoms with Gasteiger partial charge in [0.2, 0.25) is 0 Å². The first kappa shape index (κ1) is 4.93. The Morgan fingerprint density at radius 2 is 2.57 bits per heavy atom. The number of carbonyl (C=O) groups excluding carboxylic acids is 1. The Balaban J connectivity index is 2.24. The third-order valence-electron chi connectivity index (χ3n) is 0.736. The van der Waals surface area contributed by atoms with Gasteiger partial charge in [0.05, 0.1) is 5.25 Å². The van der Waals surface area contributed by atoms with Crippen molar-refractivity contribution in [3.05, 3.63) is 0 Å². The molecule has 0 aromatic rings. The van der Waals surface area contributed by atoms with Gasteiger partial charge in [0.25, 0.3) is 5.91 Å². The van der Waals surface area contributed by atoms with E-state index < -0.39 is 0 Å². The highest BCUT2D eigenvalue weighted by molar-refractivity contribution is 8.07. The summed E-state index contributed by atoms with van der Waals surface area (Å²) < 4.78 is 0. The van der Waals surface area contributed by atoms with Gasteiger partial charge in [0, 0.05) is 5.75 Å². The Bertz CT molecular complexity index is 90.9. The van der Waals surface area contributed by atoms with Crippen LogP contribution in [-0.4, -0.2) is 22.1 Å². The van der Waals surface area contributed by atoms with Crippen molar-refractivity contribution >= 4 is 17.7 Å². The Morgan fingerprint density at radius 3 is 2.71 bits per heavy atom. The quantitative estimate of drug-likeness (QED) is 0.281. The standard InChI is InChI=1S/C3H5NO2S/c5-3(4-6)2-1-7-2/h2,6H,1H2,(H,4,5). The second kappa shape index (κ2) is 1.71. The molecule has 1 aliphatic rings. The zero-order chi connectivity index (χ0) is 5.28. The zero-order valence-corrected chi connectivity index (χ0v) is 4.36. The molecule has 1 saturated heterocycles. The summed E-state index contributed by atoms with van der Waals surface area (Å²) in [5, 5.41) is 7.96. The van der Waals surface area contributed by atoms with Gasteiger partial charge in [-0.2, -0.15) is 0 Å². The summed E-state index contributed by atoms with van der Waals surface area (Å²) in [6.45, 7) is 0. The van der Waals surface area contributed by atoms with Crippen molar-refractivity contribution in [3.63, 3.8) is 0 Å². The molecule has 1 fully saturated rings. The predicted molar refractivity (Wildman–Crippen MR) is 26.2 cm³/mol. The van der Waals surface area contributed by atoms with Gasteiger partial charge in [-0.1, -0.05) is 0 Å². The molecule has 4 heteroatoms. The third-order valence-corrected chi connectivity index (χ3v) is 1.62. The van der Waals surface area contributed by atoms with Crippen LogP contribution in [0, 0.1) is 0 Å².